The van der Waals surface area contributed by atoms with Crippen LogP contribution in [0.15, 0.2) is 66.7 Å². The number of nitrogens with zero attached hydrogens (tertiary/aromatic N) is 1. The molecular formula is C32H37N3O4. The second kappa shape index (κ2) is 12.8. The predicted molar refractivity (Wildman–Crippen MR) is 154 cm³/mol. The molecule has 2 aliphatic heterocycles. The molecule has 2 aliphatic rings. The summed E-state index contributed by atoms with van der Waals surface area (Å²) in [4.78, 5) is 28.7. The van der Waals surface area contributed by atoms with Crippen LogP contribution in [0.5, 0.6) is 5.75 Å². The summed E-state index contributed by atoms with van der Waals surface area (Å²) in [6.45, 7) is 5.56. The SMILES string of the molecule is CCCCOc1ccc(C(=O)Nc2ccc(N3CCc4ccccc4C3)c(C(=O)NCC3CCCO3)c2)cc1. The molecule has 0 bridgehead atoms. The van der Waals surface area contributed by atoms with E-state index in [1.807, 2.05) is 24.3 Å². The van der Waals surface area contributed by atoms with E-state index in [-0.39, 0.29) is 17.9 Å². The van der Waals surface area contributed by atoms with Crippen LogP contribution < -0.4 is 20.3 Å². The second-order valence-electron chi connectivity index (χ2n) is 10.2. The number of carbonyl (C=O) groups excluding carboxylic acids is 2. The van der Waals surface area contributed by atoms with Gasteiger partial charge in [-0.1, -0.05) is 37.6 Å². The Hall–Kier alpha value is -3.84. The molecule has 3 aromatic rings. The Morgan fingerprint density at radius 3 is 2.62 bits per heavy atom. The molecule has 7 heteroatoms. The largest absolute Gasteiger partial charge is 0.494 e. The molecule has 1 fully saturated rings. The van der Waals surface area contributed by atoms with E-state index in [9.17, 15) is 9.59 Å². The van der Waals surface area contributed by atoms with Crippen LogP contribution in [0.4, 0.5) is 11.4 Å². The summed E-state index contributed by atoms with van der Waals surface area (Å²) in [6.07, 6.45) is 5.01. The van der Waals surface area contributed by atoms with Crippen molar-refractivity contribution in [1.29, 1.82) is 0 Å². The number of rotatable bonds is 10. The van der Waals surface area contributed by atoms with Gasteiger partial charge in [0.25, 0.3) is 11.8 Å². The summed E-state index contributed by atoms with van der Waals surface area (Å²) in [7, 11) is 0. The monoisotopic (exact) mass is 527 g/mol. The van der Waals surface area contributed by atoms with Gasteiger partial charge in [-0.15, -0.1) is 0 Å². The highest BCUT2D eigenvalue weighted by molar-refractivity contribution is 6.06. The molecule has 5 rings (SSSR count). The third-order valence-electron chi connectivity index (χ3n) is 7.37. The maximum atomic E-state index is 13.4. The van der Waals surface area contributed by atoms with E-state index in [0.29, 0.717) is 30.0 Å². The number of hydrogen-bond acceptors (Lipinski definition) is 5. The van der Waals surface area contributed by atoms with Crippen molar-refractivity contribution in [2.45, 2.75) is 51.7 Å². The molecule has 1 atom stereocenters. The Morgan fingerprint density at radius 2 is 1.85 bits per heavy atom. The Morgan fingerprint density at radius 1 is 1.03 bits per heavy atom. The molecular weight excluding hydrogens is 490 g/mol. The minimum atomic E-state index is -0.236. The minimum Gasteiger partial charge on any atom is -0.494 e. The third-order valence-corrected chi connectivity index (χ3v) is 7.37. The molecule has 0 radical (unpaired) electrons. The number of carbonyl (C=O) groups is 2. The molecule has 1 saturated heterocycles. The fourth-order valence-corrected chi connectivity index (χ4v) is 5.12. The lowest BCUT2D eigenvalue weighted by Gasteiger charge is -2.32. The first-order valence-electron chi connectivity index (χ1n) is 14.0. The van der Waals surface area contributed by atoms with Crippen molar-refractivity contribution < 1.29 is 19.1 Å². The second-order valence-corrected chi connectivity index (χ2v) is 10.2. The Kier molecular flexibility index (Phi) is 8.78. The van der Waals surface area contributed by atoms with Crippen LogP contribution in [0.3, 0.4) is 0 Å². The summed E-state index contributed by atoms with van der Waals surface area (Å²) in [6, 6.07) is 21.2. The standard InChI is InChI=1S/C32H37N3O4/c1-2-3-18-38-27-13-10-24(11-14-27)31(36)34-26-12-15-30(35-17-16-23-7-4-5-8-25(23)22-35)29(20-26)32(37)33-21-28-9-6-19-39-28/h4-5,7-8,10-15,20,28H,2-3,6,9,16-19,21-22H2,1H3,(H,33,37)(H,34,36). The Bertz CT molecular complexity index is 1280. The zero-order valence-corrected chi connectivity index (χ0v) is 22.6. The van der Waals surface area contributed by atoms with E-state index in [4.69, 9.17) is 9.47 Å². The molecule has 2 N–H and O–H groups in total. The normalized spacial score (nSPS) is 16.4. The van der Waals surface area contributed by atoms with Crippen LogP contribution in [0.25, 0.3) is 0 Å². The van der Waals surface area contributed by atoms with E-state index in [2.05, 4.69) is 46.7 Å². The molecule has 3 aromatic carbocycles. The van der Waals surface area contributed by atoms with Crippen molar-refractivity contribution in [1.82, 2.24) is 5.32 Å². The lowest BCUT2D eigenvalue weighted by molar-refractivity contribution is 0.0858. The van der Waals surface area contributed by atoms with Crippen molar-refractivity contribution in [2.75, 3.05) is 36.5 Å². The van der Waals surface area contributed by atoms with Gasteiger partial charge in [-0.3, -0.25) is 9.59 Å². The van der Waals surface area contributed by atoms with Crippen LogP contribution >= 0.6 is 0 Å². The number of ether oxygens (including phenoxy) is 2. The first kappa shape index (κ1) is 26.8. The summed E-state index contributed by atoms with van der Waals surface area (Å²) >= 11 is 0. The van der Waals surface area contributed by atoms with Crippen molar-refractivity contribution in [3.05, 3.63) is 89.0 Å². The van der Waals surface area contributed by atoms with Gasteiger partial charge in [0.15, 0.2) is 0 Å². The summed E-state index contributed by atoms with van der Waals surface area (Å²) in [5.74, 6) is 0.349. The predicted octanol–water partition coefficient (Wildman–Crippen LogP) is 5.59. The quantitative estimate of drug-likeness (QED) is 0.336. The number of hydrogen-bond donors (Lipinski definition) is 2. The number of amides is 2. The lowest BCUT2D eigenvalue weighted by atomic mass is 9.98. The average Bonchev–Trinajstić information content (AvgIpc) is 3.50. The summed E-state index contributed by atoms with van der Waals surface area (Å²) in [5.41, 5.74) is 5.13. The van der Waals surface area contributed by atoms with Gasteiger partial charge < -0.3 is 25.0 Å². The summed E-state index contributed by atoms with van der Waals surface area (Å²) in [5, 5.41) is 6.03. The maximum absolute atomic E-state index is 13.4. The molecule has 1 unspecified atom stereocenters. The number of anilines is 2. The molecule has 204 valence electrons. The lowest BCUT2D eigenvalue weighted by Crippen LogP contribution is -2.35. The van der Waals surface area contributed by atoms with Gasteiger partial charge in [-0.2, -0.15) is 0 Å². The molecule has 2 amide bonds. The Balaban J connectivity index is 1.33. The smallest absolute Gasteiger partial charge is 0.255 e. The highest BCUT2D eigenvalue weighted by atomic mass is 16.5. The maximum Gasteiger partial charge on any atom is 0.255 e. The first-order valence-corrected chi connectivity index (χ1v) is 14.0. The van der Waals surface area contributed by atoms with Crippen LogP contribution in [0.2, 0.25) is 0 Å². The average molecular weight is 528 g/mol. The molecule has 39 heavy (non-hydrogen) atoms. The molecule has 0 saturated carbocycles. The number of unbranched alkanes of at least 4 members (excludes halogenated alkanes) is 1. The van der Waals surface area contributed by atoms with Gasteiger partial charge in [0.2, 0.25) is 0 Å². The Labute approximate surface area is 230 Å². The van der Waals surface area contributed by atoms with Gasteiger partial charge >= 0.3 is 0 Å². The van der Waals surface area contributed by atoms with Crippen molar-refractivity contribution in [3.63, 3.8) is 0 Å². The number of nitrogens with one attached hydrogen (secondary N) is 2. The topological polar surface area (TPSA) is 79.9 Å². The van der Waals surface area contributed by atoms with Gasteiger partial charge in [0.1, 0.15) is 5.75 Å². The fourth-order valence-electron chi connectivity index (χ4n) is 5.12. The van der Waals surface area contributed by atoms with E-state index in [1.54, 1.807) is 18.2 Å². The van der Waals surface area contributed by atoms with Gasteiger partial charge in [-0.25, -0.2) is 0 Å². The fraction of sp³-hybridized carbons (Fsp3) is 0.375. The van der Waals surface area contributed by atoms with Crippen LogP contribution in [0.1, 0.15) is 64.4 Å². The zero-order chi connectivity index (χ0) is 27.0. The van der Waals surface area contributed by atoms with Gasteiger partial charge in [0, 0.05) is 43.2 Å². The molecule has 0 aromatic heterocycles. The van der Waals surface area contributed by atoms with Gasteiger partial charge in [-0.05, 0) is 79.3 Å². The molecule has 0 spiro atoms. The first-order chi connectivity index (χ1) is 19.1. The van der Waals surface area contributed by atoms with Crippen LogP contribution in [0, 0.1) is 0 Å². The third kappa shape index (κ3) is 6.79. The number of benzene rings is 3. The number of fused-ring (bicyclic) bond motifs is 1. The van der Waals surface area contributed by atoms with Crippen molar-refractivity contribution in [2.24, 2.45) is 0 Å². The zero-order valence-electron chi connectivity index (χ0n) is 22.6. The molecule has 7 nitrogen and oxygen atoms in total. The highest BCUT2D eigenvalue weighted by Crippen LogP contribution is 2.30. The van der Waals surface area contributed by atoms with E-state index < -0.39 is 0 Å². The van der Waals surface area contributed by atoms with Crippen LogP contribution in [-0.2, 0) is 17.7 Å². The van der Waals surface area contributed by atoms with E-state index in [0.717, 1.165) is 63.2 Å². The van der Waals surface area contributed by atoms with E-state index in [1.165, 1.54) is 11.1 Å². The van der Waals surface area contributed by atoms with Gasteiger partial charge in [0.05, 0.1) is 18.3 Å². The van der Waals surface area contributed by atoms with Crippen LogP contribution in [-0.4, -0.2) is 44.2 Å². The van der Waals surface area contributed by atoms with Crippen molar-refractivity contribution >= 4 is 23.2 Å². The summed E-state index contributed by atoms with van der Waals surface area (Å²) < 4.78 is 11.4. The minimum absolute atomic E-state index is 0.0519. The molecule has 2 heterocycles. The van der Waals surface area contributed by atoms with Crippen molar-refractivity contribution in [3.8, 4) is 5.75 Å². The highest BCUT2D eigenvalue weighted by Gasteiger charge is 2.23. The van der Waals surface area contributed by atoms with E-state index >= 15 is 0 Å². The molecule has 0 aliphatic carbocycles.